The zero-order valence-corrected chi connectivity index (χ0v) is 18.7. The quantitative estimate of drug-likeness (QED) is 0.432. The Hall–Kier alpha value is -4.00. The highest BCUT2D eigenvalue weighted by Gasteiger charge is 2.31. The number of benzene rings is 2. The van der Waals surface area contributed by atoms with Gasteiger partial charge in [0.25, 0.3) is 5.56 Å². The van der Waals surface area contributed by atoms with Crippen molar-refractivity contribution in [1.82, 2.24) is 14.9 Å². The van der Waals surface area contributed by atoms with Gasteiger partial charge < -0.3 is 10.1 Å². The molecule has 1 fully saturated rings. The van der Waals surface area contributed by atoms with Crippen LogP contribution in [0, 0.1) is 18.7 Å². The van der Waals surface area contributed by atoms with E-state index in [0.29, 0.717) is 17.3 Å². The molecular weight excluding hydrogens is 433 g/mol. The average molecular weight is 458 g/mol. The van der Waals surface area contributed by atoms with E-state index < -0.39 is 17.5 Å². The van der Waals surface area contributed by atoms with Crippen LogP contribution in [0.1, 0.15) is 36.6 Å². The SMILES string of the molecule is Cc1c(OC(=O)N[C@H](c2ccccc2)C2CCC2)c2cccc(F)c2c(=O)n1-c1cccnc1. The molecule has 1 N–H and O–H groups in total. The Kier molecular flexibility index (Phi) is 5.84. The van der Waals surface area contributed by atoms with Gasteiger partial charge in [0.05, 0.1) is 29.0 Å². The van der Waals surface area contributed by atoms with Gasteiger partial charge in [0.1, 0.15) is 5.82 Å². The number of nitrogens with zero attached hydrogens (tertiary/aromatic N) is 2. The van der Waals surface area contributed by atoms with E-state index in [1.807, 2.05) is 30.3 Å². The highest BCUT2D eigenvalue weighted by molar-refractivity contribution is 5.91. The molecule has 1 saturated carbocycles. The third-order valence-corrected chi connectivity index (χ3v) is 6.49. The van der Waals surface area contributed by atoms with Crippen molar-refractivity contribution in [3.63, 3.8) is 0 Å². The first-order valence-corrected chi connectivity index (χ1v) is 11.3. The zero-order chi connectivity index (χ0) is 23.7. The Bertz CT molecular complexity index is 1400. The van der Waals surface area contributed by atoms with Gasteiger partial charge in [-0.15, -0.1) is 0 Å². The summed E-state index contributed by atoms with van der Waals surface area (Å²) in [6.45, 7) is 1.67. The summed E-state index contributed by atoms with van der Waals surface area (Å²) < 4.78 is 21.9. The van der Waals surface area contributed by atoms with Crippen LogP contribution in [-0.2, 0) is 0 Å². The minimum atomic E-state index is -0.679. The third kappa shape index (κ3) is 3.94. The van der Waals surface area contributed by atoms with Crippen LogP contribution in [0.25, 0.3) is 16.5 Å². The standard InChI is InChI=1S/C27H24FN3O3/c1-17-25(34-27(33)30-24(19-10-5-11-19)18-8-3-2-4-9-18)21-13-6-14-22(28)23(21)26(32)31(17)20-12-7-15-29-16-20/h2-4,6-9,12-16,19,24H,5,10-11H2,1H3,(H,30,33)/t24-/m1/s1. The fourth-order valence-corrected chi connectivity index (χ4v) is 4.57. The van der Waals surface area contributed by atoms with E-state index >= 15 is 0 Å². The summed E-state index contributed by atoms with van der Waals surface area (Å²) in [7, 11) is 0. The van der Waals surface area contributed by atoms with Gasteiger partial charge in [0, 0.05) is 11.6 Å². The highest BCUT2D eigenvalue weighted by Crippen LogP contribution is 2.38. The van der Waals surface area contributed by atoms with Crippen molar-refractivity contribution in [2.24, 2.45) is 5.92 Å². The molecule has 0 bridgehead atoms. The number of amides is 1. The van der Waals surface area contributed by atoms with Crippen LogP contribution in [0.2, 0.25) is 0 Å². The molecule has 0 unspecified atom stereocenters. The molecule has 1 aliphatic carbocycles. The van der Waals surface area contributed by atoms with E-state index in [0.717, 1.165) is 24.8 Å². The summed E-state index contributed by atoms with van der Waals surface area (Å²) in [4.78, 5) is 30.4. The molecule has 34 heavy (non-hydrogen) atoms. The Morgan fingerprint density at radius 2 is 1.91 bits per heavy atom. The van der Waals surface area contributed by atoms with Crippen LogP contribution in [-0.4, -0.2) is 15.6 Å². The van der Waals surface area contributed by atoms with Gasteiger partial charge in [-0.25, -0.2) is 9.18 Å². The molecule has 5 rings (SSSR count). The predicted molar refractivity (Wildman–Crippen MR) is 128 cm³/mol. The minimum absolute atomic E-state index is 0.135. The van der Waals surface area contributed by atoms with E-state index in [1.54, 1.807) is 31.3 Å². The van der Waals surface area contributed by atoms with Gasteiger partial charge in [-0.2, -0.15) is 0 Å². The molecule has 0 radical (unpaired) electrons. The monoisotopic (exact) mass is 457 g/mol. The van der Waals surface area contributed by atoms with Crippen LogP contribution < -0.4 is 15.6 Å². The number of halogens is 1. The van der Waals surface area contributed by atoms with Crippen molar-refractivity contribution in [2.75, 3.05) is 0 Å². The summed E-state index contributed by atoms with van der Waals surface area (Å²) in [6, 6.07) is 17.3. The molecule has 0 saturated heterocycles. The van der Waals surface area contributed by atoms with Gasteiger partial charge in [0.15, 0.2) is 5.75 Å². The van der Waals surface area contributed by atoms with Crippen molar-refractivity contribution < 1.29 is 13.9 Å². The minimum Gasteiger partial charge on any atom is -0.408 e. The topological polar surface area (TPSA) is 73.2 Å². The second-order valence-electron chi connectivity index (χ2n) is 8.54. The molecule has 4 aromatic rings. The molecule has 7 heteroatoms. The lowest BCUT2D eigenvalue weighted by Crippen LogP contribution is -2.38. The zero-order valence-electron chi connectivity index (χ0n) is 18.7. The lowest BCUT2D eigenvalue weighted by Gasteiger charge is -2.34. The summed E-state index contributed by atoms with van der Waals surface area (Å²) >= 11 is 0. The number of hydrogen-bond donors (Lipinski definition) is 1. The maximum absolute atomic E-state index is 14.8. The second-order valence-corrected chi connectivity index (χ2v) is 8.54. The molecule has 172 valence electrons. The Labute approximate surface area is 196 Å². The average Bonchev–Trinajstić information content (AvgIpc) is 2.81. The van der Waals surface area contributed by atoms with E-state index in [4.69, 9.17) is 4.74 Å². The number of fused-ring (bicyclic) bond motifs is 1. The van der Waals surface area contributed by atoms with Crippen molar-refractivity contribution in [2.45, 2.75) is 32.2 Å². The largest absolute Gasteiger partial charge is 0.413 e. The van der Waals surface area contributed by atoms with E-state index in [1.165, 1.54) is 22.9 Å². The maximum atomic E-state index is 14.8. The highest BCUT2D eigenvalue weighted by atomic mass is 19.1. The Morgan fingerprint density at radius 3 is 2.59 bits per heavy atom. The molecule has 2 heterocycles. The first-order valence-electron chi connectivity index (χ1n) is 11.3. The normalized spacial score (nSPS) is 14.4. The number of aromatic nitrogens is 2. The van der Waals surface area contributed by atoms with Crippen molar-refractivity contribution in [3.05, 3.63) is 100 Å². The van der Waals surface area contributed by atoms with Gasteiger partial charge in [-0.05, 0) is 49.4 Å². The van der Waals surface area contributed by atoms with Gasteiger partial charge in [0.2, 0.25) is 0 Å². The van der Waals surface area contributed by atoms with Crippen LogP contribution in [0.5, 0.6) is 5.75 Å². The molecule has 1 amide bonds. The third-order valence-electron chi connectivity index (χ3n) is 6.49. The molecular formula is C27H24FN3O3. The number of ether oxygens (including phenoxy) is 1. The molecule has 2 aromatic heterocycles. The fourth-order valence-electron chi connectivity index (χ4n) is 4.57. The van der Waals surface area contributed by atoms with Gasteiger partial charge in [-0.1, -0.05) is 48.9 Å². The van der Waals surface area contributed by atoms with Crippen molar-refractivity contribution in [1.29, 1.82) is 0 Å². The van der Waals surface area contributed by atoms with Crippen LogP contribution in [0.4, 0.5) is 9.18 Å². The maximum Gasteiger partial charge on any atom is 0.413 e. The fraction of sp³-hybridized carbons (Fsp3) is 0.222. The molecule has 6 nitrogen and oxygen atoms in total. The van der Waals surface area contributed by atoms with E-state index in [9.17, 15) is 14.0 Å². The van der Waals surface area contributed by atoms with E-state index in [2.05, 4.69) is 10.3 Å². The van der Waals surface area contributed by atoms with Crippen LogP contribution in [0.15, 0.2) is 77.9 Å². The molecule has 0 spiro atoms. The van der Waals surface area contributed by atoms with Gasteiger partial charge in [-0.3, -0.25) is 14.3 Å². The van der Waals surface area contributed by atoms with Crippen LogP contribution in [0.3, 0.4) is 0 Å². The second kappa shape index (κ2) is 9.09. The summed E-state index contributed by atoms with van der Waals surface area (Å²) in [5, 5.41) is 3.12. The van der Waals surface area contributed by atoms with E-state index in [-0.39, 0.29) is 22.6 Å². The first kappa shape index (κ1) is 21.8. The molecule has 1 atom stereocenters. The molecule has 0 aliphatic heterocycles. The Balaban J connectivity index is 1.56. The lowest BCUT2D eigenvalue weighted by atomic mass is 9.77. The smallest absolute Gasteiger partial charge is 0.408 e. The predicted octanol–water partition coefficient (Wildman–Crippen LogP) is 5.46. The number of carbonyl (C=O) groups is 1. The Morgan fingerprint density at radius 1 is 1.12 bits per heavy atom. The number of pyridine rings is 2. The van der Waals surface area contributed by atoms with Crippen LogP contribution >= 0.6 is 0 Å². The molecule has 2 aromatic carbocycles. The summed E-state index contributed by atoms with van der Waals surface area (Å²) in [6.07, 6.45) is 5.63. The molecule has 1 aliphatic rings. The van der Waals surface area contributed by atoms with Crippen molar-refractivity contribution >= 4 is 16.9 Å². The number of carbonyl (C=O) groups excluding carboxylic acids is 1. The summed E-state index contributed by atoms with van der Waals surface area (Å²) in [5.74, 6) is -0.215. The summed E-state index contributed by atoms with van der Waals surface area (Å²) in [5.41, 5.74) is 1.31. The lowest BCUT2D eigenvalue weighted by molar-refractivity contribution is 0.176. The van der Waals surface area contributed by atoms with Gasteiger partial charge >= 0.3 is 6.09 Å². The number of nitrogens with one attached hydrogen (secondary N) is 1. The van der Waals surface area contributed by atoms with Crippen molar-refractivity contribution in [3.8, 4) is 11.4 Å². The first-order chi connectivity index (χ1) is 16.5. The number of rotatable bonds is 5. The number of hydrogen-bond acceptors (Lipinski definition) is 4.